The zero-order valence-corrected chi connectivity index (χ0v) is 12.9. The van der Waals surface area contributed by atoms with E-state index in [-0.39, 0.29) is 11.5 Å². The smallest absolute Gasteiger partial charge is 0.0598 e. The van der Waals surface area contributed by atoms with E-state index in [4.69, 9.17) is 5.73 Å². The zero-order chi connectivity index (χ0) is 15.0. The van der Waals surface area contributed by atoms with Gasteiger partial charge in [-0.1, -0.05) is 42.5 Å². The Morgan fingerprint density at radius 2 is 1.60 bits per heavy atom. The molecule has 0 spiro atoms. The first-order valence-electron chi connectivity index (χ1n) is 7.17. The van der Waals surface area contributed by atoms with Crippen molar-refractivity contribution in [3.8, 4) is 0 Å². The molecule has 0 amide bonds. The van der Waals surface area contributed by atoms with E-state index >= 15 is 0 Å². The maximum Gasteiger partial charge on any atom is 0.0598 e. The molecule has 0 bridgehead atoms. The summed E-state index contributed by atoms with van der Waals surface area (Å²) in [5.74, 6) is 0.105. The molecule has 0 aliphatic rings. The fourth-order valence-electron chi connectivity index (χ4n) is 2.83. The van der Waals surface area contributed by atoms with Gasteiger partial charge in [-0.3, -0.25) is 0 Å². The topological polar surface area (TPSA) is 46.2 Å². The summed E-state index contributed by atoms with van der Waals surface area (Å²) in [5.41, 5.74) is 6.50. The van der Waals surface area contributed by atoms with Crippen LogP contribution < -0.4 is 5.73 Å². The number of aliphatic hydroxyl groups is 1. The Kier molecular flexibility index (Phi) is 3.90. The van der Waals surface area contributed by atoms with Gasteiger partial charge in [0, 0.05) is 11.5 Å². The minimum absolute atomic E-state index is 0.105. The van der Waals surface area contributed by atoms with Crippen LogP contribution in [-0.2, 0) is 0 Å². The molecule has 0 radical (unpaired) electrons. The minimum Gasteiger partial charge on any atom is -0.390 e. The molecule has 2 rings (SSSR count). The van der Waals surface area contributed by atoms with E-state index in [1.165, 1.54) is 16.3 Å². The molecule has 0 aliphatic heterocycles. The highest BCUT2D eigenvalue weighted by Crippen LogP contribution is 2.37. The van der Waals surface area contributed by atoms with Crippen LogP contribution >= 0.6 is 0 Å². The molecule has 0 fully saturated rings. The van der Waals surface area contributed by atoms with E-state index in [2.05, 4.69) is 36.4 Å². The van der Waals surface area contributed by atoms with Gasteiger partial charge in [0.1, 0.15) is 0 Å². The fourth-order valence-corrected chi connectivity index (χ4v) is 2.83. The average Bonchev–Trinajstić information content (AvgIpc) is 2.33. The van der Waals surface area contributed by atoms with E-state index in [1.54, 1.807) is 0 Å². The number of hydrogen-bond donors (Lipinski definition) is 2. The lowest BCUT2D eigenvalue weighted by molar-refractivity contribution is 0.0549. The summed E-state index contributed by atoms with van der Waals surface area (Å²) < 4.78 is 0. The first-order chi connectivity index (χ1) is 9.18. The third kappa shape index (κ3) is 3.38. The maximum atomic E-state index is 10.2. The van der Waals surface area contributed by atoms with Gasteiger partial charge in [0.05, 0.1) is 5.60 Å². The monoisotopic (exact) mass is 271 g/mol. The lowest BCUT2D eigenvalue weighted by Gasteiger charge is -2.35. The molecule has 0 aromatic heterocycles. The van der Waals surface area contributed by atoms with Gasteiger partial charge >= 0.3 is 0 Å². The van der Waals surface area contributed by atoms with Gasteiger partial charge in [-0.25, -0.2) is 0 Å². The summed E-state index contributed by atoms with van der Waals surface area (Å²) in [6.07, 6.45) is 0.643. The zero-order valence-electron chi connectivity index (χ0n) is 12.9. The van der Waals surface area contributed by atoms with Gasteiger partial charge in [0.15, 0.2) is 0 Å². The van der Waals surface area contributed by atoms with Crippen molar-refractivity contribution in [3.05, 3.63) is 48.0 Å². The number of rotatable bonds is 4. The number of fused-ring (bicyclic) bond motifs is 1. The van der Waals surface area contributed by atoms with Crippen molar-refractivity contribution in [2.45, 2.75) is 51.2 Å². The van der Waals surface area contributed by atoms with Crippen LogP contribution in [0.25, 0.3) is 10.8 Å². The quantitative estimate of drug-likeness (QED) is 0.888. The van der Waals surface area contributed by atoms with E-state index in [0.29, 0.717) is 6.42 Å². The van der Waals surface area contributed by atoms with Crippen LogP contribution in [0.1, 0.15) is 45.6 Å². The highest BCUT2D eigenvalue weighted by atomic mass is 16.3. The summed E-state index contributed by atoms with van der Waals surface area (Å²) in [6.45, 7) is 7.75. The van der Waals surface area contributed by atoms with E-state index in [1.807, 2.05) is 33.8 Å². The van der Waals surface area contributed by atoms with Crippen molar-refractivity contribution in [1.29, 1.82) is 0 Å². The molecule has 3 N–H and O–H groups in total. The van der Waals surface area contributed by atoms with Crippen molar-refractivity contribution in [2.75, 3.05) is 0 Å². The van der Waals surface area contributed by atoms with Gasteiger partial charge in [0.2, 0.25) is 0 Å². The molecule has 0 saturated heterocycles. The van der Waals surface area contributed by atoms with Gasteiger partial charge < -0.3 is 10.8 Å². The summed E-state index contributed by atoms with van der Waals surface area (Å²) in [4.78, 5) is 0. The van der Waals surface area contributed by atoms with Crippen LogP contribution in [0.3, 0.4) is 0 Å². The van der Waals surface area contributed by atoms with Gasteiger partial charge in [-0.05, 0) is 50.5 Å². The summed E-state index contributed by atoms with van der Waals surface area (Å²) in [5, 5.41) is 12.7. The molecular weight excluding hydrogens is 246 g/mol. The molecule has 2 aromatic rings. The Balaban J connectivity index is 2.57. The van der Waals surface area contributed by atoms with Crippen molar-refractivity contribution < 1.29 is 5.11 Å². The number of nitrogens with two attached hydrogens (primary N) is 1. The fraction of sp³-hybridized carbons (Fsp3) is 0.444. The summed E-state index contributed by atoms with van der Waals surface area (Å²) in [7, 11) is 0. The van der Waals surface area contributed by atoms with Crippen LogP contribution in [0.5, 0.6) is 0 Å². The minimum atomic E-state index is -0.738. The van der Waals surface area contributed by atoms with Crippen LogP contribution in [0.15, 0.2) is 42.5 Å². The second-order valence-corrected chi connectivity index (χ2v) is 6.96. The van der Waals surface area contributed by atoms with Crippen LogP contribution in [0.2, 0.25) is 0 Å². The molecular formula is C18H25NO. The molecule has 2 aromatic carbocycles. The molecule has 2 nitrogen and oxygen atoms in total. The molecule has 1 atom stereocenters. The Morgan fingerprint density at radius 3 is 2.20 bits per heavy atom. The van der Waals surface area contributed by atoms with Crippen LogP contribution in [0.4, 0.5) is 0 Å². The van der Waals surface area contributed by atoms with Gasteiger partial charge in [-0.15, -0.1) is 0 Å². The second-order valence-electron chi connectivity index (χ2n) is 6.96. The SMILES string of the molecule is CC(C)(O)C[C@H](c1cccc2ccccc12)C(C)(C)N. The molecule has 0 unspecified atom stereocenters. The normalized spacial score (nSPS) is 14.5. The van der Waals surface area contributed by atoms with Crippen molar-refractivity contribution >= 4 is 10.8 Å². The van der Waals surface area contributed by atoms with Crippen molar-refractivity contribution in [2.24, 2.45) is 5.73 Å². The molecule has 20 heavy (non-hydrogen) atoms. The highest BCUT2D eigenvalue weighted by Gasteiger charge is 2.32. The van der Waals surface area contributed by atoms with E-state index in [9.17, 15) is 5.11 Å². The summed E-state index contributed by atoms with van der Waals surface area (Å²) >= 11 is 0. The molecule has 0 saturated carbocycles. The third-order valence-electron chi connectivity index (χ3n) is 3.80. The van der Waals surface area contributed by atoms with Crippen molar-refractivity contribution in [1.82, 2.24) is 0 Å². The summed E-state index contributed by atoms with van der Waals surface area (Å²) in [6, 6.07) is 14.7. The lowest BCUT2D eigenvalue weighted by Crippen LogP contribution is -2.42. The lowest BCUT2D eigenvalue weighted by atomic mass is 9.75. The Bertz CT molecular complexity index is 585. The average molecular weight is 271 g/mol. The van der Waals surface area contributed by atoms with Gasteiger partial charge in [0.25, 0.3) is 0 Å². The first kappa shape index (κ1) is 15.0. The highest BCUT2D eigenvalue weighted by molar-refractivity contribution is 5.86. The second kappa shape index (κ2) is 5.19. The predicted molar refractivity (Wildman–Crippen MR) is 85.9 cm³/mol. The standard InChI is InChI=1S/C18H25NO/c1-17(2,20)12-16(18(3,4)19)15-11-7-9-13-8-5-6-10-14(13)15/h5-11,16,20H,12,19H2,1-4H3/t16-/m1/s1. The Labute approximate surface area is 121 Å². The van der Waals surface area contributed by atoms with Crippen molar-refractivity contribution in [3.63, 3.8) is 0 Å². The van der Waals surface area contributed by atoms with E-state index in [0.717, 1.165) is 0 Å². The molecule has 108 valence electrons. The van der Waals surface area contributed by atoms with Crippen LogP contribution in [-0.4, -0.2) is 16.2 Å². The number of benzene rings is 2. The third-order valence-corrected chi connectivity index (χ3v) is 3.80. The largest absolute Gasteiger partial charge is 0.390 e. The van der Waals surface area contributed by atoms with Gasteiger partial charge in [-0.2, -0.15) is 0 Å². The Morgan fingerprint density at radius 1 is 1.00 bits per heavy atom. The van der Waals surface area contributed by atoms with Crippen LogP contribution in [0, 0.1) is 0 Å². The molecule has 0 heterocycles. The Hall–Kier alpha value is -1.38. The molecule has 2 heteroatoms. The first-order valence-corrected chi connectivity index (χ1v) is 7.17. The predicted octanol–water partition coefficient (Wildman–Crippen LogP) is 3.82. The number of hydrogen-bond acceptors (Lipinski definition) is 2. The van der Waals surface area contributed by atoms with E-state index < -0.39 is 5.60 Å². The molecule has 0 aliphatic carbocycles. The maximum absolute atomic E-state index is 10.2.